The van der Waals surface area contributed by atoms with Crippen LogP contribution in [0.3, 0.4) is 0 Å². The zero-order chi connectivity index (χ0) is 13.1. The molecule has 1 heterocycles. The lowest BCUT2D eigenvalue weighted by Gasteiger charge is -2.39. The largest absolute Gasteiger partial charge is 0.395 e. The maximum Gasteiger partial charge on any atom is 0.225 e. The highest BCUT2D eigenvalue weighted by atomic mass is 16.3. The summed E-state index contributed by atoms with van der Waals surface area (Å²) in [6, 6.07) is 0.267. The van der Waals surface area contributed by atoms with Crippen molar-refractivity contribution in [3.05, 3.63) is 0 Å². The van der Waals surface area contributed by atoms with E-state index in [4.69, 9.17) is 0 Å². The minimum atomic E-state index is 0.219. The van der Waals surface area contributed by atoms with Gasteiger partial charge in [-0.3, -0.25) is 9.69 Å². The molecule has 1 aliphatic heterocycles. The Morgan fingerprint density at radius 1 is 1.28 bits per heavy atom. The van der Waals surface area contributed by atoms with E-state index in [9.17, 15) is 9.90 Å². The van der Waals surface area contributed by atoms with Gasteiger partial charge in [-0.25, -0.2) is 0 Å². The average Bonchev–Trinajstić information content (AvgIpc) is 3.24. The van der Waals surface area contributed by atoms with Crippen LogP contribution in [0.15, 0.2) is 0 Å². The standard InChI is InChI=1S/C14H26N2O2/c1-3-13(10-17)15-6-8-16(9-7-15)14(18)11(2)12-4-5-12/h11-13,17H,3-10H2,1-2H3. The number of aliphatic hydroxyl groups excluding tert-OH is 1. The summed E-state index contributed by atoms with van der Waals surface area (Å²) in [7, 11) is 0. The van der Waals surface area contributed by atoms with Crippen LogP contribution in [0.5, 0.6) is 0 Å². The summed E-state index contributed by atoms with van der Waals surface area (Å²) in [5.74, 6) is 1.21. The zero-order valence-corrected chi connectivity index (χ0v) is 11.6. The van der Waals surface area contributed by atoms with Gasteiger partial charge in [0.2, 0.25) is 5.91 Å². The molecule has 2 unspecified atom stereocenters. The number of rotatable bonds is 5. The van der Waals surface area contributed by atoms with Crippen LogP contribution in [-0.4, -0.2) is 59.6 Å². The molecule has 2 fully saturated rings. The molecule has 1 saturated heterocycles. The van der Waals surface area contributed by atoms with Gasteiger partial charge in [0.05, 0.1) is 6.61 Å². The summed E-state index contributed by atoms with van der Waals surface area (Å²) in [4.78, 5) is 16.6. The third-order valence-electron chi connectivity index (χ3n) is 4.54. The second-order valence-electron chi connectivity index (χ2n) is 5.73. The molecule has 2 atom stereocenters. The fourth-order valence-electron chi connectivity index (χ4n) is 2.90. The second kappa shape index (κ2) is 6.02. The first-order valence-electron chi connectivity index (χ1n) is 7.31. The topological polar surface area (TPSA) is 43.8 Å². The van der Waals surface area contributed by atoms with Crippen molar-refractivity contribution in [2.45, 2.75) is 39.2 Å². The van der Waals surface area contributed by atoms with Gasteiger partial charge in [0.25, 0.3) is 0 Å². The predicted molar refractivity (Wildman–Crippen MR) is 71.2 cm³/mol. The third-order valence-corrected chi connectivity index (χ3v) is 4.54. The van der Waals surface area contributed by atoms with Gasteiger partial charge in [-0.2, -0.15) is 0 Å². The molecule has 0 aromatic carbocycles. The number of amides is 1. The molecule has 1 aliphatic carbocycles. The Balaban J connectivity index is 1.80. The highest BCUT2D eigenvalue weighted by Gasteiger charge is 2.36. The van der Waals surface area contributed by atoms with Gasteiger partial charge in [-0.1, -0.05) is 13.8 Å². The molecule has 0 radical (unpaired) electrons. The lowest BCUT2D eigenvalue weighted by atomic mass is 10.0. The number of carbonyl (C=O) groups excluding carboxylic acids is 1. The summed E-state index contributed by atoms with van der Waals surface area (Å²) in [5.41, 5.74) is 0. The van der Waals surface area contributed by atoms with Gasteiger partial charge < -0.3 is 10.0 Å². The molecule has 104 valence electrons. The lowest BCUT2D eigenvalue weighted by molar-refractivity contribution is -0.137. The predicted octanol–water partition coefficient (Wildman–Crippen LogP) is 0.948. The van der Waals surface area contributed by atoms with E-state index in [0.717, 1.165) is 32.6 Å². The van der Waals surface area contributed by atoms with Crippen LogP contribution in [0.2, 0.25) is 0 Å². The molecule has 2 rings (SSSR count). The Hall–Kier alpha value is -0.610. The molecule has 4 heteroatoms. The molecular weight excluding hydrogens is 228 g/mol. The first-order chi connectivity index (χ1) is 8.67. The fourth-order valence-corrected chi connectivity index (χ4v) is 2.90. The summed E-state index contributed by atoms with van der Waals surface area (Å²) in [6.07, 6.45) is 3.44. The Kier molecular flexibility index (Phi) is 4.62. The normalized spacial score (nSPS) is 24.9. The Labute approximate surface area is 110 Å². The van der Waals surface area contributed by atoms with Crippen molar-refractivity contribution in [3.63, 3.8) is 0 Å². The fraction of sp³-hybridized carbons (Fsp3) is 0.929. The van der Waals surface area contributed by atoms with E-state index in [2.05, 4.69) is 18.7 Å². The van der Waals surface area contributed by atoms with Crippen LogP contribution in [-0.2, 0) is 4.79 Å². The van der Waals surface area contributed by atoms with Gasteiger partial charge in [0, 0.05) is 38.1 Å². The molecule has 4 nitrogen and oxygen atoms in total. The van der Waals surface area contributed by atoms with Crippen molar-refractivity contribution < 1.29 is 9.90 Å². The van der Waals surface area contributed by atoms with E-state index >= 15 is 0 Å². The smallest absolute Gasteiger partial charge is 0.225 e. The van der Waals surface area contributed by atoms with Gasteiger partial charge in [-0.15, -0.1) is 0 Å². The number of carbonyl (C=O) groups is 1. The number of aliphatic hydroxyl groups is 1. The summed E-state index contributed by atoms with van der Waals surface area (Å²) < 4.78 is 0. The van der Waals surface area contributed by atoms with E-state index < -0.39 is 0 Å². The molecule has 0 spiro atoms. The van der Waals surface area contributed by atoms with Gasteiger partial charge in [0.15, 0.2) is 0 Å². The minimum Gasteiger partial charge on any atom is -0.395 e. The number of nitrogens with zero attached hydrogens (tertiary/aromatic N) is 2. The molecule has 2 aliphatic rings. The molecule has 1 N–H and O–H groups in total. The van der Waals surface area contributed by atoms with E-state index in [1.54, 1.807) is 0 Å². The van der Waals surface area contributed by atoms with Crippen molar-refractivity contribution >= 4 is 5.91 Å². The van der Waals surface area contributed by atoms with Crippen LogP contribution in [0, 0.1) is 11.8 Å². The molecule has 0 aromatic heterocycles. The monoisotopic (exact) mass is 254 g/mol. The maximum atomic E-state index is 12.3. The molecule has 0 bridgehead atoms. The van der Waals surface area contributed by atoms with Gasteiger partial charge in [0.1, 0.15) is 0 Å². The maximum absolute atomic E-state index is 12.3. The quantitative estimate of drug-likeness (QED) is 0.794. The van der Waals surface area contributed by atoms with Crippen LogP contribution in [0.1, 0.15) is 33.1 Å². The van der Waals surface area contributed by atoms with Crippen molar-refractivity contribution in [3.8, 4) is 0 Å². The highest BCUT2D eigenvalue weighted by molar-refractivity contribution is 5.79. The zero-order valence-electron chi connectivity index (χ0n) is 11.6. The van der Waals surface area contributed by atoms with Crippen molar-refractivity contribution in [1.82, 2.24) is 9.80 Å². The number of hydrogen-bond acceptors (Lipinski definition) is 3. The Morgan fingerprint density at radius 2 is 1.89 bits per heavy atom. The first-order valence-corrected chi connectivity index (χ1v) is 7.31. The first kappa shape index (κ1) is 13.8. The van der Waals surface area contributed by atoms with Crippen LogP contribution >= 0.6 is 0 Å². The van der Waals surface area contributed by atoms with E-state index in [0.29, 0.717) is 11.8 Å². The van der Waals surface area contributed by atoms with Crippen LogP contribution < -0.4 is 0 Å². The van der Waals surface area contributed by atoms with Crippen molar-refractivity contribution in [1.29, 1.82) is 0 Å². The minimum absolute atomic E-state index is 0.219. The lowest BCUT2D eigenvalue weighted by Crippen LogP contribution is -2.53. The van der Waals surface area contributed by atoms with Crippen LogP contribution in [0.25, 0.3) is 0 Å². The van der Waals surface area contributed by atoms with Crippen molar-refractivity contribution in [2.24, 2.45) is 11.8 Å². The molecule has 0 aromatic rings. The summed E-state index contributed by atoms with van der Waals surface area (Å²) in [5, 5.41) is 9.30. The second-order valence-corrected chi connectivity index (χ2v) is 5.73. The molecule has 1 saturated carbocycles. The highest BCUT2D eigenvalue weighted by Crippen LogP contribution is 2.37. The molecule has 18 heavy (non-hydrogen) atoms. The molecular formula is C14H26N2O2. The Bertz CT molecular complexity index is 280. The van der Waals surface area contributed by atoms with E-state index in [-0.39, 0.29) is 18.6 Å². The van der Waals surface area contributed by atoms with Gasteiger partial charge in [-0.05, 0) is 25.2 Å². The van der Waals surface area contributed by atoms with E-state index in [1.807, 2.05) is 4.90 Å². The van der Waals surface area contributed by atoms with E-state index in [1.165, 1.54) is 12.8 Å². The third kappa shape index (κ3) is 3.04. The van der Waals surface area contributed by atoms with Gasteiger partial charge >= 0.3 is 0 Å². The van der Waals surface area contributed by atoms with Crippen LogP contribution in [0.4, 0.5) is 0 Å². The summed E-state index contributed by atoms with van der Waals surface area (Å²) >= 11 is 0. The molecule has 1 amide bonds. The number of piperazine rings is 1. The Morgan fingerprint density at radius 3 is 2.33 bits per heavy atom. The number of hydrogen-bond donors (Lipinski definition) is 1. The average molecular weight is 254 g/mol. The SMILES string of the molecule is CCC(CO)N1CCN(C(=O)C(C)C2CC2)CC1. The summed E-state index contributed by atoms with van der Waals surface area (Å²) in [6.45, 7) is 7.87. The van der Waals surface area contributed by atoms with Crippen molar-refractivity contribution in [2.75, 3.05) is 32.8 Å².